The van der Waals surface area contributed by atoms with Crippen LogP contribution in [0.2, 0.25) is 0 Å². The van der Waals surface area contributed by atoms with Gasteiger partial charge in [0.25, 0.3) is 0 Å². The van der Waals surface area contributed by atoms with Crippen molar-refractivity contribution in [2.45, 2.75) is 76.2 Å². The molecule has 0 saturated carbocycles. The van der Waals surface area contributed by atoms with Crippen LogP contribution in [0, 0.1) is 76.2 Å². The lowest BCUT2D eigenvalue weighted by molar-refractivity contribution is 1.01. The normalized spacial score (nSPS) is 10.6. The van der Waals surface area contributed by atoms with E-state index in [4.69, 9.17) is 0 Å². The van der Waals surface area contributed by atoms with E-state index in [1.807, 2.05) is 159 Å². The van der Waals surface area contributed by atoms with Gasteiger partial charge >= 0.3 is 0 Å². The van der Waals surface area contributed by atoms with E-state index in [-0.39, 0.29) is 0 Å². The predicted octanol–water partition coefficient (Wildman–Crippen LogP) is 42.8. The van der Waals surface area contributed by atoms with Crippen LogP contribution < -0.4 is 0 Å². The second-order valence-corrected chi connectivity index (χ2v) is 43.4. The van der Waals surface area contributed by atoms with Crippen LogP contribution in [-0.2, 0) is 14.1 Å². The molecule has 0 aliphatic rings. The van der Waals surface area contributed by atoms with Gasteiger partial charge in [0.15, 0.2) is 0 Å². The molecule has 0 unspecified atom stereocenters. The molecule has 0 saturated heterocycles. The molecule has 21 aromatic carbocycles. The van der Waals surface area contributed by atoms with Crippen molar-refractivity contribution in [2.24, 2.45) is 14.1 Å². The average Bonchev–Trinajstić information content (AvgIpc) is 1.64. The number of aryl methyl sites for hydroxylation is 13. The first-order chi connectivity index (χ1) is 71.8. The zero-order valence-corrected chi connectivity index (χ0v) is 90.7. The molecular weight excluding hydrogens is 1890 g/mol. The molecule has 0 atom stereocenters. The van der Waals surface area contributed by atoms with Gasteiger partial charge in [0.1, 0.15) is 0 Å². The van der Waals surface area contributed by atoms with Crippen LogP contribution in [0.4, 0.5) is 0 Å². The Hall–Kier alpha value is -15.5. The van der Waals surface area contributed by atoms with E-state index in [1.165, 1.54) is 226 Å². The minimum absolute atomic E-state index is 1.30. The van der Waals surface area contributed by atoms with Gasteiger partial charge in [-0.15, -0.1) is 68.0 Å². The van der Waals surface area contributed by atoms with Crippen molar-refractivity contribution >= 4 is 233 Å². The van der Waals surface area contributed by atoms with E-state index in [1.54, 1.807) is 0 Å². The SMILES string of the molecule is Cc1ccc2c(c1)sc1ccccc12.Cc1ccc2sc3ccccc3c2c1.Cc1ccc2sc3ccccc3c2c1.Cc1cccc2c1sc1ccccc12.Cc1cccc2sc3ccccc3c12.Cc1cccc2sc3ccccc3c12.Cc1ccccc1.Cc1ccccc1.Cc1ccccc1.Cc1ccccc1.Cc1ccccc1.Cn1c2ccccc2c2ccccc21.Cn1c2ccccc2c2ccccc21. The molecule has 147 heavy (non-hydrogen) atoms. The monoisotopic (exact) mass is 2010 g/mol. The zero-order chi connectivity index (χ0) is 102. The van der Waals surface area contributed by atoms with Crippen LogP contribution in [0.1, 0.15) is 61.2 Å². The first-order valence-corrected chi connectivity index (χ1v) is 54.9. The molecule has 0 radical (unpaired) electrons. The largest absolute Gasteiger partial charge is 0.344 e. The second kappa shape index (κ2) is 50.4. The minimum atomic E-state index is 1.30. The number of rotatable bonds is 0. The Balaban J connectivity index is 0.000000110. The first-order valence-electron chi connectivity index (χ1n) is 50.0. The Morgan fingerprint density at radius 3 is 0.667 bits per heavy atom. The fourth-order valence-corrected chi connectivity index (χ4v) is 25.1. The van der Waals surface area contributed by atoms with E-state index < -0.39 is 0 Å². The minimum Gasteiger partial charge on any atom is -0.344 e. The van der Waals surface area contributed by atoms with Gasteiger partial charge < -0.3 is 9.13 Å². The first kappa shape index (κ1) is 103. The van der Waals surface area contributed by atoms with Gasteiger partial charge in [-0.05, 0) is 202 Å². The van der Waals surface area contributed by atoms with Gasteiger partial charge in [0, 0.05) is 179 Å². The summed E-state index contributed by atoms with van der Waals surface area (Å²) in [5.41, 5.74) is 19.9. The Morgan fingerprint density at radius 2 is 0.340 bits per heavy atom. The molecule has 2 nitrogen and oxygen atoms in total. The molecule has 0 aliphatic carbocycles. The number of benzene rings is 21. The summed E-state index contributed by atoms with van der Waals surface area (Å²) in [6.07, 6.45) is 0. The Kier molecular flexibility index (Phi) is 35.3. The molecule has 0 bridgehead atoms. The molecule has 724 valence electrons. The highest BCUT2D eigenvalue weighted by molar-refractivity contribution is 7.28. The van der Waals surface area contributed by atoms with E-state index in [0.29, 0.717) is 0 Å². The van der Waals surface area contributed by atoms with Crippen LogP contribution in [0.3, 0.4) is 0 Å². The molecule has 0 N–H and O–H groups in total. The Labute approximate surface area is 889 Å². The smallest absolute Gasteiger partial charge is 0.0488 e. The molecule has 0 amide bonds. The maximum atomic E-state index is 2.27. The third kappa shape index (κ3) is 26.1. The predicted molar refractivity (Wildman–Crippen MR) is 661 cm³/mol. The number of hydrogen-bond donors (Lipinski definition) is 0. The fraction of sp³-hybridized carbons (Fsp3) is 0.0935. The summed E-state index contributed by atoms with van der Waals surface area (Å²) in [5, 5.41) is 22.1. The molecule has 8 heterocycles. The summed E-state index contributed by atoms with van der Waals surface area (Å²) in [5.74, 6) is 0. The van der Waals surface area contributed by atoms with E-state index >= 15 is 0 Å². The summed E-state index contributed by atoms with van der Waals surface area (Å²) in [6, 6.07) is 177. The third-order valence-corrected chi connectivity index (χ3v) is 32.8. The van der Waals surface area contributed by atoms with Gasteiger partial charge in [-0.1, -0.05) is 439 Å². The molecular formula is C139H122N2S6. The number of hydrogen-bond acceptors (Lipinski definition) is 6. The maximum absolute atomic E-state index is 2.27. The van der Waals surface area contributed by atoms with Crippen molar-refractivity contribution in [3.63, 3.8) is 0 Å². The molecule has 0 spiro atoms. The summed E-state index contributed by atoms with van der Waals surface area (Å²) in [6.45, 7) is 23.4. The van der Waals surface area contributed by atoms with Gasteiger partial charge in [0.2, 0.25) is 0 Å². The van der Waals surface area contributed by atoms with Crippen LogP contribution in [0.15, 0.2) is 504 Å². The van der Waals surface area contributed by atoms with Gasteiger partial charge in [-0.25, -0.2) is 0 Å². The Morgan fingerprint density at radius 1 is 0.129 bits per heavy atom. The highest BCUT2D eigenvalue weighted by Crippen LogP contribution is 2.42. The third-order valence-electron chi connectivity index (χ3n) is 25.8. The number of fused-ring (bicyclic) bond motifs is 24. The molecule has 8 aromatic heterocycles. The van der Waals surface area contributed by atoms with Crippen molar-refractivity contribution in [1.29, 1.82) is 0 Å². The lowest BCUT2D eigenvalue weighted by atomic mass is 10.1. The highest BCUT2D eigenvalue weighted by Gasteiger charge is 2.13. The molecule has 29 rings (SSSR count). The number of aromatic nitrogens is 2. The van der Waals surface area contributed by atoms with Crippen LogP contribution >= 0.6 is 68.0 Å². The van der Waals surface area contributed by atoms with Crippen molar-refractivity contribution in [3.05, 3.63) is 565 Å². The summed E-state index contributed by atoms with van der Waals surface area (Å²) < 4.78 is 21.2. The quantitative estimate of drug-likeness (QED) is 0.143. The molecule has 29 aromatic rings. The number of para-hydroxylation sites is 4. The molecule has 0 aliphatic heterocycles. The van der Waals surface area contributed by atoms with Gasteiger partial charge in [-0.2, -0.15) is 0 Å². The highest BCUT2D eigenvalue weighted by atomic mass is 32.1. The lowest BCUT2D eigenvalue weighted by Crippen LogP contribution is -1.84. The summed E-state index contributed by atoms with van der Waals surface area (Å²) in [7, 11) is 4.23. The second-order valence-electron chi connectivity index (χ2n) is 36.9. The summed E-state index contributed by atoms with van der Waals surface area (Å²) in [4.78, 5) is 0. The standard InChI is InChI=1S/2C13H11N.6C13H10S.5C7H8/c2*1-14-12-8-4-2-6-10(12)11-7-3-5-9-13(11)14;1-9-5-4-7-11-10-6-2-3-8-12(10)14-13(9)11;2*1-9-5-4-8-12-13(9)10-6-2-3-7-11(10)14-12;2*1-9-6-7-13-11(8-9)10-4-2-3-5-12(10)14-13;1-9-6-7-11-10-4-2-3-5-12(10)14-13(11)8-9;5*1-7-5-3-2-4-6-7/h2*2-9H,1H3;6*2-8H,1H3;5*2-6H,1H3. The van der Waals surface area contributed by atoms with E-state index in [0.717, 1.165) is 0 Å². The van der Waals surface area contributed by atoms with Crippen LogP contribution in [0.5, 0.6) is 0 Å². The fourth-order valence-electron chi connectivity index (χ4n) is 18.2. The molecule has 0 fully saturated rings. The van der Waals surface area contributed by atoms with Crippen molar-refractivity contribution in [2.75, 3.05) is 0 Å². The lowest BCUT2D eigenvalue weighted by Gasteiger charge is -1.95. The Bertz CT molecular complexity index is 8610. The molecule has 8 heteroatoms. The van der Waals surface area contributed by atoms with Crippen molar-refractivity contribution in [1.82, 2.24) is 9.13 Å². The van der Waals surface area contributed by atoms with E-state index in [2.05, 4.69) is 512 Å². The van der Waals surface area contributed by atoms with Crippen LogP contribution in [0.25, 0.3) is 165 Å². The van der Waals surface area contributed by atoms with Crippen LogP contribution in [-0.4, -0.2) is 9.13 Å². The topological polar surface area (TPSA) is 9.86 Å². The average molecular weight is 2010 g/mol. The number of nitrogens with zero attached hydrogens (tertiary/aromatic N) is 2. The van der Waals surface area contributed by atoms with Gasteiger partial charge in [-0.3, -0.25) is 0 Å². The number of thiophene rings is 6. The van der Waals surface area contributed by atoms with Gasteiger partial charge in [0.05, 0.1) is 0 Å². The van der Waals surface area contributed by atoms with Crippen molar-refractivity contribution < 1.29 is 0 Å². The maximum Gasteiger partial charge on any atom is 0.0488 e. The zero-order valence-electron chi connectivity index (χ0n) is 85.8. The summed E-state index contributed by atoms with van der Waals surface area (Å²) >= 11 is 11.3. The van der Waals surface area contributed by atoms with E-state index in [9.17, 15) is 0 Å². The van der Waals surface area contributed by atoms with Crippen molar-refractivity contribution in [3.8, 4) is 0 Å².